The largest absolute Gasteiger partial charge is 0.382 e. The topological polar surface area (TPSA) is 73.6 Å². The predicted octanol–water partition coefficient (Wildman–Crippen LogP) is -0.495. The van der Waals surface area contributed by atoms with Gasteiger partial charge in [0.1, 0.15) is 6.61 Å². The summed E-state index contributed by atoms with van der Waals surface area (Å²) in [7, 11) is 0. The molecule has 5 heteroatoms. The van der Waals surface area contributed by atoms with Gasteiger partial charge < -0.3 is 20.5 Å². The molecule has 0 aromatic heterocycles. The van der Waals surface area contributed by atoms with E-state index in [0.717, 1.165) is 32.7 Å². The first-order chi connectivity index (χ1) is 6.77. The van der Waals surface area contributed by atoms with Crippen molar-refractivity contribution < 1.29 is 14.3 Å². The molecule has 0 atom stereocenters. The number of ether oxygens (including phenoxy) is 2. The van der Waals surface area contributed by atoms with Crippen LogP contribution in [0, 0.1) is 0 Å². The van der Waals surface area contributed by atoms with E-state index >= 15 is 0 Å². The first-order valence-corrected chi connectivity index (χ1v) is 4.92. The van der Waals surface area contributed by atoms with Crippen LogP contribution in [0.15, 0.2) is 0 Å². The highest BCUT2D eigenvalue weighted by Gasteiger charge is 1.93. The van der Waals surface area contributed by atoms with Crippen molar-refractivity contribution in [3.63, 3.8) is 0 Å². The van der Waals surface area contributed by atoms with Gasteiger partial charge in [-0.25, -0.2) is 0 Å². The van der Waals surface area contributed by atoms with Gasteiger partial charge in [0, 0.05) is 19.8 Å². The Bertz CT molecular complexity index is 142. The van der Waals surface area contributed by atoms with E-state index in [1.54, 1.807) is 0 Å². The van der Waals surface area contributed by atoms with Crippen molar-refractivity contribution in [3.8, 4) is 0 Å². The summed E-state index contributed by atoms with van der Waals surface area (Å²) in [6, 6.07) is 0. The lowest BCUT2D eigenvalue weighted by atomic mass is 10.4. The molecule has 0 unspecified atom stereocenters. The minimum Gasteiger partial charge on any atom is -0.382 e. The Balaban J connectivity index is 2.88. The molecule has 5 nitrogen and oxygen atoms in total. The van der Waals surface area contributed by atoms with E-state index in [1.807, 2.05) is 6.92 Å². The molecule has 14 heavy (non-hydrogen) atoms. The molecule has 0 saturated carbocycles. The molecule has 0 aliphatic carbocycles. The highest BCUT2D eigenvalue weighted by atomic mass is 16.5. The monoisotopic (exact) mass is 204 g/mol. The second-order valence-electron chi connectivity index (χ2n) is 2.82. The number of nitrogens with two attached hydrogens (primary N) is 1. The molecule has 0 radical (unpaired) electrons. The van der Waals surface area contributed by atoms with Gasteiger partial charge in [-0.05, 0) is 19.9 Å². The van der Waals surface area contributed by atoms with E-state index < -0.39 is 5.91 Å². The molecule has 0 aliphatic heterocycles. The van der Waals surface area contributed by atoms with Crippen LogP contribution in [0.2, 0.25) is 0 Å². The van der Waals surface area contributed by atoms with Crippen LogP contribution in [0.4, 0.5) is 0 Å². The number of carbonyl (C=O) groups excluding carboxylic acids is 1. The molecular weight excluding hydrogens is 184 g/mol. The van der Waals surface area contributed by atoms with Gasteiger partial charge in [0.2, 0.25) is 5.91 Å². The maximum absolute atomic E-state index is 10.3. The fourth-order valence-electron chi connectivity index (χ4n) is 0.886. The van der Waals surface area contributed by atoms with E-state index in [2.05, 4.69) is 5.32 Å². The van der Waals surface area contributed by atoms with Gasteiger partial charge in [-0.3, -0.25) is 4.79 Å². The first kappa shape index (κ1) is 13.4. The normalized spacial score (nSPS) is 10.4. The Morgan fingerprint density at radius 1 is 1.29 bits per heavy atom. The van der Waals surface area contributed by atoms with Crippen LogP contribution in [-0.4, -0.2) is 45.4 Å². The van der Waals surface area contributed by atoms with E-state index in [1.165, 1.54) is 0 Å². The number of carbonyl (C=O) groups is 1. The van der Waals surface area contributed by atoms with Crippen LogP contribution in [0.5, 0.6) is 0 Å². The Morgan fingerprint density at radius 3 is 2.71 bits per heavy atom. The van der Waals surface area contributed by atoms with Gasteiger partial charge in [-0.15, -0.1) is 0 Å². The van der Waals surface area contributed by atoms with E-state index in [-0.39, 0.29) is 6.61 Å². The van der Waals surface area contributed by atoms with Gasteiger partial charge in [0.25, 0.3) is 0 Å². The van der Waals surface area contributed by atoms with Gasteiger partial charge in [0.15, 0.2) is 0 Å². The Morgan fingerprint density at radius 2 is 2.07 bits per heavy atom. The molecule has 0 bridgehead atoms. The standard InChI is InChI=1S/C9H20N2O3/c1-2-13-6-3-4-11-5-7-14-8-9(10)12/h11H,2-8H2,1H3,(H2,10,12). The molecule has 0 saturated heterocycles. The lowest BCUT2D eigenvalue weighted by Crippen LogP contribution is -2.25. The molecule has 0 spiro atoms. The molecule has 0 aromatic carbocycles. The van der Waals surface area contributed by atoms with Crippen LogP contribution in [0.25, 0.3) is 0 Å². The number of nitrogens with one attached hydrogen (secondary N) is 1. The minimum atomic E-state index is -0.429. The molecule has 3 N–H and O–H groups in total. The molecule has 84 valence electrons. The second-order valence-corrected chi connectivity index (χ2v) is 2.82. The summed E-state index contributed by atoms with van der Waals surface area (Å²) in [6.45, 7) is 5.68. The van der Waals surface area contributed by atoms with Crippen LogP contribution in [0.3, 0.4) is 0 Å². The maximum atomic E-state index is 10.3. The number of hydrogen-bond acceptors (Lipinski definition) is 4. The minimum absolute atomic E-state index is 0.000621. The zero-order chi connectivity index (χ0) is 10.6. The molecule has 0 aromatic rings. The maximum Gasteiger partial charge on any atom is 0.243 e. The summed E-state index contributed by atoms with van der Waals surface area (Å²) >= 11 is 0. The van der Waals surface area contributed by atoms with Crippen molar-refractivity contribution in [2.45, 2.75) is 13.3 Å². The average molecular weight is 204 g/mol. The lowest BCUT2D eigenvalue weighted by molar-refractivity contribution is -0.122. The quantitative estimate of drug-likeness (QED) is 0.471. The second kappa shape index (κ2) is 10.4. The van der Waals surface area contributed by atoms with E-state index in [4.69, 9.17) is 15.2 Å². The average Bonchev–Trinajstić information content (AvgIpc) is 2.15. The SMILES string of the molecule is CCOCCCNCCOCC(N)=O. The first-order valence-electron chi connectivity index (χ1n) is 4.92. The van der Waals surface area contributed by atoms with Crippen LogP contribution >= 0.6 is 0 Å². The molecule has 0 heterocycles. The zero-order valence-corrected chi connectivity index (χ0v) is 8.75. The molecule has 0 rings (SSSR count). The van der Waals surface area contributed by atoms with Crippen LogP contribution in [-0.2, 0) is 14.3 Å². The van der Waals surface area contributed by atoms with Gasteiger partial charge in [0.05, 0.1) is 6.61 Å². The fourth-order valence-corrected chi connectivity index (χ4v) is 0.886. The van der Waals surface area contributed by atoms with Crippen molar-refractivity contribution in [2.75, 3.05) is 39.5 Å². The van der Waals surface area contributed by atoms with Crippen LogP contribution < -0.4 is 11.1 Å². The van der Waals surface area contributed by atoms with Crippen molar-refractivity contribution in [1.82, 2.24) is 5.32 Å². The van der Waals surface area contributed by atoms with E-state index in [9.17, 15) is 4.79 Å². The third kappa shape index (κ3) is 11.4. The summed E-state index contributed by atoms with van der Waals surface area (Å²) in [6.07, 6.45) is 0.990. The summed E-state index contributed by atoms with van der Waals surface area (Å²) < 4.78 is 10.1. The number of hydrogen-bond donors (Lipinski definition) is 2. The molecular formula is C9H20N2O3. The molecule has 0 fully saturated rings. The Kier molecular flexibility index (Phi) is 9.95. The smallest absolute Gasteiger partial charge is 0.243 e. The van der Waals surface area contributed by atoms with Crippen molar-refractivity contribution in [2.24, 2.45) is 5.73 Å². The van der Waals surface area contributed by atoms with Crippen LogP contribution in [0.1, 0.15) is 13.3 Å². The fraction of sp³-hybridized carbons (Fsp3) is 0.889. The third-order valence-corrected chi connectivity index (χ3v) is 1.51. The highest BCUT2D eigenvalue weighted by Crippen LogP contribution is 1.80. The Hall–Kier alpha value is -0.650. The molecule has 1 amide bonds. The summed E-state index contributed by atoms with van der Waals surface area (Å²) in [5, 5.41) is 3.16. The summed E-state index contributed by atoms with van der Waals surface area (Å²) in [4.78, 5) is 10.3. The van der Waals surface area contributed by atoms with E-state index in [0.29, 0.717) is 6.61 Å². The number of rotatable bonds is 10. The van der Waals surface area contributed by atoms with Crippen molar-refractivity contribution in [1.29, 1.82) is 0 Å². The summed E-state index contributed by atoms with van der Waals surface area (Å²) in [5.41, 5.74) is 4.89. The number of primary amides is 1. The predicted molar refractivity (Wildman–Crippen MR) is 54.0 cm³/mol. The third-order valence-electron chi connectivity index (χ3n) is 1.51. The summed E-state index contributed by atoms with van der Waals surface area (Å²) in [5.74, 6) is -0.429. The van der Waals surface area contributed by atoms with Gasteiger partial charge in [-0.2, -0.15) is 0 Å². The van der Waals surface area contributed by atoms with Gasteiger partial charge >= 0.3 is 0 Å². The number of amides is 1. The lowest BCUT2D eigenvalue weighted by Gasteiger charge is -2.04. The zero-order valence-electron chi connectivity index (χ0n) is 8.75. The Labute approximate surface area is 84.9 Å². The highest BCUT2D eigenvalue weighted by molar-refractivity contribution is 5.74. The van der Waals surface area contributed by atoms with Crippen molar-refractivity contribution >= 4 is 5.91 Å². The molecule has 0 aliphatic rings. The van der Waals surface area contributed by atoms with Gasteiger partial charge in [-0.1, -0.05) is 0 Å². The van der Waals surface area contributed by atoms with Crippen molar-refractivity contribution in [3.05, 3.63) is 0 Å².